The summed E-state index contributed by atoms with van der Waals surface area (Å²) in [5.41, 5.74) is 0.758. The number of esters is 1. The van der Waals surface area contributed by atoms with Crippen LogP contribution in [0.25, 0.3) is 0 Å². The molecule has 1 saturated heterocycles. The Morgan fingerprint density at radius 3 is 2.27 bits per heavy atom. The minimum absolute atomic E-state index is 0.00274. The molecular weight excluding hydrogens is 771 g/mol. The van der Waals surface area contributed by atoms with Gasteiger partial charge in [0.05, 0.1) is 24.3 Å². The van der Waals surface area contributed by atoms with Gasteiger partial charge in [0.15, 0.2) is 0 Å². The van der Waals surface area contributed by atoms with Gasteiger partial charge in [-0.2, -0.15) is 0 Å². The number of likely N-dealkylation sites (N-methyl/N-ethyl adjacent to an activating group) is 2. The molecule has 1 aromatic rings. The van der Waals surface area contributed by atoms with Crippen molar-refractivity contribution in [3.05, 3.63) is 41.5 Å². The van der Waals surface area contributed by atoms with Crippen LogP contribution in [0.15, 0.2) is 40.9 Å². The van der Waals surface area contributed by atoms with Gasteiger partial charge in [-0.25, -0.2) is 4.79 Å². The average Bonchev–Trinajstić information content (AvgIpc) is 3.89. The Hall–Kier alpha value is -3.91. The predicted molar refractivity (Wildman–Crippen MR) is 232 cm³/mol. The topological polar surface area (TPSA) is 158 Å². The summed E-state index contributed by atoms with van der Waals surface area (Å²) in [6.45, 7) is 17.6. The number of methoxy groups -OCH3 is 1. The average molecular weight is 840 g/mol. The molecule has 0 aliphatic carbocycles. The normalized spacial score (nSPS) is 30.8. The number of thioether (sulfide) groups is 1. The van der Waals surface area contributed by atoms with Gasteiger partial charge in [-0.3, -0.25) is 24.2 Å². The molecule has 59 heavy (non-hydrogen) atoms. The Morgan fingerprint density at radius 1 is 1.00 bits per heavy atom. The van der Waals surface area contributed by atoms with Gasteiger partial charge in [-0.1, -0.05) is 73.1 Å². The highest BCUT2D eigenvalue weighted by atomic mass is 32.2. The zero-order chi connectivity index (χ0) is 43.9. The molecule has 4 amide bonds. The van der Waals surface area contributed by atoms with Gasteiger partial charge in [-0.05, 0) is 74.5 Å². The van der Waals surface area contributed by atoms with Gasteiger partial charge in [0.1, 0.15) is 36.0 Å². The van der Waals surface area contributed by atoms with Crippen LogP contribution in [0.4, 0.5) is 0 Å². The smallest absolute Gasteiger partial charge is 0.329 e. The molecule has 3 aliphatic heterocycles. The van der Waals surface area contributed by atoms with Crippen LogP contribution < -0.4 is 10.1 Å². The van der Waals surface area contributed by atoms with Gasteiger partial charge in [0.25, 0.3) is 0 Å². The molecule has 10 unspecified atom stereocenters. The standard InChI is InChI=1S/C45H69N5O8S/c1-13-27(3)38-43(55)50-20-14-15-35(50)44(56)58-37(45(7,8)9)22-26(2)21-36(51)29(5)40-46-32(25-59-40)23-28(4)39(52)47-34(24-31-16-18-33(57-12)19-17-31)42(54)48(10)30(6)41(53)49(38)11/h16-19,23,26-27,29-30,32,34-38,51H,13-15,20-22,24-25H2,1-12H3,(H,47,52). The number of fused-ring (bicyclic) bond motifs is 2. The quantitative estimate of drug-likeness (QED) is 0.377. The van der Waals surface area contributed by atoms with Crippen molar-refractivity contribution in [3.63, 3.8) is 0 Å². The van der Waals surface area contributed by atoms with Crippen LogP contribution in [-0.4, -0.2) is 130 Å². The van der Waals surface area contributed by atoms with E-state index < -0.39 is 65.5 Å². The van der Waals surface area contributed by atoms with E-state index in [4.69, 9.17) is 14.5 Å². The monoisotopic (exact) mass is 839 g/mol. The lowest BCUT2D eigenvalue weighted by atomic mass is 9.81. The number of nitrogens with one attached hydrogen (secondary N) is 1. The number of rotatable bonds is 5. The first-order valence-electron chi connectivity index (χ1n) is 21.2. The fraction of sp³-hybridized carbons (Fsp3) is 0.689. The molecule has 0 spiro atoms. The van der Waals surface area contributed by atoms with Crippen molar-refractivity contribution in [2.75, 3.05) is 33.5 Å². The molecule has 0 aromatic heterocycles. The number of carbonyl (C=O) groups is 5. The summed E-state index contributed by atoms with van der Waals surface area (Å²) >= 11 is 1.56. The molecule has 2 bridgehead atoms. The van der Waals surface area contributed by atoms with Crippen molar-refractivity contribution < 1.29 is 38.6 Å². The van der Waals surface area contributed by atoms with E-state index in [1.165, 1.54) is 16.8 Å². The summed E-state index contributed by atoms with van der Waals surface area (Å²) in [7, 11) is 4.67. The van der Waals surface area contributed by atoms with Crippen molar-refractivity contribution in [2.45, 2.75) is 143 Å². The number of benzene rings is 1. The molecule has 13 nitrogen and oxygen atoms in total. The molecule has 14 heteroatoms. The molecule has 3 aliphatic rings. The summed E-state index contributed by atoms with van der Waals surface area (Å²) < 4.78 is 11.6. The molecule has 3 heterocycles. The SMILES string of the molecule is CCC(C)C1C(=O)N2CCCC2C(=O)OC(C(C)(C)C)CC(C)CC(O)C(C)C2=NC(C=C(C)C(=O)NC(Cc3ccc(OC)cc3)C(=O)N(C)C(C)C(=O)N1C)CS2. The van der Waals surface area contributed by atoms with E-state index in [1.807, 2.05) is 60.6 Å². The van der Waals surface area contributed by atoms with Crippen molar-refractivity contribution in [1.82, 2.24) is 20.0 Å². The zero-order valence-corrected chi connectivity index (χ0v) is 38.1. The third kappa shape index (κ3) is 11.9. The highest BCUT2D eigenvalue weighted by Gasteiger charge is 2.44. The Bertz CT molecular complexity index is 1730. The van der Waals surface area contributed by atoms with Crippen molar-refractivity contribution in [2.24, 2.45) is 28.2 Å². The first-order chi connectivity index (χ1) is 27.7. The minimum atomic E-state index is -1.03. The fourth-order valence-corrected chi connectivity index (χ4v) is 9.25. The molecule has 10 atom stereocenters. The van der Waals surface area contributed by atoms with Crippen LogP contribution in [0.5, 0.6) is 5.75 Å². The van der Waals surface area contributed by atoms with E-state index in [0.29, 0.717) is 55.7 Å². The van der Waals surface area contributed by atoms with Crippen molar-refractivity contribution in [3.8, 4) is 5.75 Å². The van der Waals surface area contributed by atoms with Crippen LogP contribution in [0.2, 0.25) is 0 Å². The van der Waals surface area contributed by atoms with E-state index in [2.05, 4.69) is 5.32 Å². The van der Waals surface area contributed by atoms with Crippen LogP contribution in [0.1, 0.15) is 100.0 Å². The van der Waals surface area contributed by atoms with Gasteiger partial charge in [0.2, 0.25) is 23.6 Å². The number of cyclic esters (lactones) is 1. The Labute approximate surface area is 356 Å². The second-order valence-corrected chi connectivity index (χ2v) is 19.1. The van der Waals surface area contributed by atoms with E-state index in [-0.39, 0.29) is 36.1 Å². The molecule has 1 fully saturated rings. The summed E-state index contributed by atoms with van der Waals surface area (Å²) in [5, 5.41) is 15.2. The van der Waals surface area contributed by atoms with Crippen LogP contribution >= 0.6 is 11.8 Å². The zero-order valence-electron chi connectivity index (χ0n) is 37.3. The number of hydrogen-bond acceptors (Lipinski definition) is 10. The lowest BCUT2D eigenvalue weighted by Crippen LogP contribution is -2.59. The van der Waals surface area contributed by atoms with E-state index in [1.54, 1.807) is 62.9 Å². The molecule has 0 radical (unpaired) electrons. The number of carbonyl (C=O) groups excluding carboxylic acids is 5. The highest BCUT2D eigenvalue weighted by molar-refractivity contribution is 8.14. The van der Waals surface area contributed by atoms with Crippen molar-refractivity contribution in [1.29, 1.82) is 0 Å². The van der Waals surface area contributed by atoms with Gasteiger partial charge < -0.3 is 34.6 Å². The lowest BCUT2D eigenvalue weighted by Gasteiger charge is -2.39. The van der Waals surface area contributed by atoms with E-state index in [0.717, 1.165) is 10.6 Å². The van der Waals surface area contributed by atoms with E-state index in [9.17, 15) is 29.1 Å². The van der Waals surface area contributed by atoms with E-state index >= 15 is 0 Å². The first-order valence-corrected chi connectivity index (χ1v) is 22.2. The first kappa shape index (κ1) is 47.8. The Kier molecular flexibility index (Phi) is 16.7. The number of amides is 4. The van der Waals surface area contributed by atoms with Gasteiger partial charge >= 0.3 is 5.97 Å². The summed E-state index contributed by atoms with van der Waals surface area (Å²) in [6.07, 6.45) is 3.41. The predicted octanol–water partition coefficient (Wildman–Crippen LogP) is 5.28. The minimum Gasteiger partial charge on any atom is -0.497 e. The molecule has 1 aromatic carbocycles. The maximum absolute atomic E-state index is 14.6. The van der Waals surface area contributed by atoms with Crippen molar-refractivity contribution >= 4 is 46.4 Å². The lowest BCUT2D eigenvalue weighted by molar-refractivity contribution is -0.166. The summed E-state index contributed by atoms with van der Waals surface area (Å²) in [4.78, 5) is 80.4. The second kappa shape index (κ2) is 20.6. The summed E-state index contributed by atoms with van der Waals surface area (Å²) in [6, 6.07) is 3.19. The fourth-order valence-electron chi connectivity index (χ4n) is 8.11. The largest absolute Gasteiger partial charge is 0.497 e. The number of aliphatic imine (C=N–C) groups is 1. The molecule has 328 valence electrons. The maximum Gasteiger partial charge on any atom is 0.329 e. The molecule has 4 rings (SSSR count). The number of hydrogen-bond donors (Lipinski definition) is 2. The number of aliphatic hydroxyl groups excluding tert-OH is 1. The van der Waals surface area contributed by atoms with Gasteiger partial charge in [0, 0.05) is 44.3 Å². The molecular formula is C45H69N5O8S. The van der Waals surface area contributed by atoms with Crippen LogP contribution in [-0.2, 0) is 35.1 Å². The Balaban J connectivity index is 1.74. The molecule has 0 saturated carbocycles. The van der Waals surface area contributed by atoms with Crippen LogP contribution in [0.3, 0.4) is 0 Å². The third-order valence-electron chi connectivity index (χ3n) is 12.4. The molecule has 2 N–H and O–H groups in total. The second-order valence-electron chi connectivity index (χ2n) is 18.1. The summed E-state index contributed by atoms with van der Waals surface area (Å²) in [5.74, 6) is -1.41. The van der Waals surface area contributed by atoms with Crippen LogP contribution in [0, 0.1) is 23.2 Å². The number of ether oxygens (including phenoxy) is 2. The number of aliphatic hydroxyl groups is 1. The maximum atomic E-state index is 14.6. The van der Waals surface area contributed by atoms with Gasteiger partial charge in [-0.15, -0.1) is 11.8 Å². The Morgan fingerprint density at radius 2 is 1.66 bits per heavy atom. The highest BCUT2D eigenvalue weighted by Crippen LogP contribution is 2.34. The number of nitrogens with zero attached hydrogens (tertiary/aromatic N) is 4. The third-order valence-corrected chi connectivity index (χ3v) is 13.7.